The predicted octanol–water partition coefficient (Wildman–Crippen LogP) is 4.55. The van der Waals surface area contributed by atoms with E-state index in [2.05, 4.69) is 22.6 Å². The normalized spacial score (nSPS) is 11.3. The summed E-state index contributed by atoms with van der Waals surface area (Å²) in [5.74, 6) is 0.781. The molecule has 0 saturated carbocycles. The molecule has 1 aromatic carbocycles. The van der Waals surface area contributed by atoms with Gasteiger partial charge in [0.2, 0.25) is 0 Å². The highest BCUT2D eigenvalue weighted by atomic mass is 127. The van der Waals surface area contributed by atoms with Crippen LogP contribution >= 0.6 is 22.6 Å². The van der Waals surface area contributed by atoms with Crippen LogP contribution < -0.4 is 4.74 Å². The first kappa shape index (κ1) is 15.9. The van der Waals surface area contributed by atoms with Gasteiger partial charge in [-0.05, 0) is 79.3 Å². The number of hydrogen-bond donors (Lipinski definition) is 0. The van der Waals surface area contributed by atoms with Gasteiger partial charge in [-0.25, -0.2) is 4.79 Å². The fourth-order valence-electron chi connectivity index (χ4n) is 1.88. The third kappa shape index (κ3) is 4.00. The molecule has 4 nitrogen and oxygen atoms in total. The van der Waals surface area contributed by atoms with E-state index < -0.39 is 5.60 Å². The summed E-state index contributed by atoms with van der Waals surface area (Å²) in [6.45, 7) is 5.56. The van der Waals surface area contributed by atoms with Crippen molar-refractivity contribution in [2.75, 3.05) is 7.11 Å². The van der Waals surface area contributed by atoms with E-state index in [-0.39, 0.29) is 6.09 Å². The topological polar surface area (TPSA) is 40.5 Å². The molecule has 0 aliphatic carbocycles. The minimum absolute atomic E-state index is 0.378. The van der Waals surface area contributed by atoms with E-state index in [1.807, 2.05) is 51.1 Å². The summed E-state index contributed by atoms with van der Waals surface area (Å²) in [7, 11) is 1.63. The summed E-state index contributed by atoms with van der Waals surface area (Å²) >= 11 is 2.18. The third-order valence-electron chi connectivity index (χ3n) is 2.76. The van der Waals surface area contributed by atoms with Gasteiger partial charge in [0.1, 0.15) is 11.4 Å². The van der Waals surface area contributed by atoms with Crippen LogP contribution in [0.5, 0.6) is 5.75 Å². The lowest BCUT2D eigenvalue weighted by Gasteiger charge is -2.20. The fourth-order valence-corrected chi connectivity index (χ4v) is 2.45. The Balaban J connectivity index is 2.38. The zero-order valence-corrected chi connectivity index (χ0v) is 14.7. The van der Waals surface area contributed by atoms with Crippen LogP contribution in [0.4, 0.5) is 4.79 Å². The number of ether oxygens (including phenoxy) is 2. The van der Waals surface area contributed by atoms with Crippen LogP contribution in [-0.2, 0) is 4.74 Å². The van der Waals surface area contributed by atoms with E-state index in [0.29, 0.717) is 0 Å². The standard InChI is InChI=1S/C16H18INO3/c1-16(2,3)21-15(19)18-10-12(17)9-14(18)11-5-7-13(20-4)8-6-11/h5-10H,1-4H3. The summed E-state index contributed by atoms with van der Waals surface area (Å²) in [5.41, 5.74) is 1.21. The second kappa shape index (κ2) is 6.09. The van der Waals surface area contributed by atoms with Crippen LogP contribution in [0.1, 0.15) is 20.8 Å². The number of nitrogens with zero attached hydrogens (tertiary/aromatic N) is 1. The van der Waals surface area contributed by atoms with Gasteiger partial charge in [0.25, 0.3) is 0 Å². The zero-order chi connectivity index (χ0) is 15.6. The largest absolute Gasteiger partial charge is 0.497 e. The average molecular weight is 399 g/mol. The van der Waals surface area contributed by atoms with Crippen molar-refractivity contribution >= 4 is 28.7 Å². The maximum atomic E-state index is 12.3. The molecule has 1 heterocycles. The Bertz CT molecular complexity index is 639. The Morgan fingerprint density at radius 2 is 1.81 bits per heavy atom. The van der Waals surface area contributed by atoms with Gasteiger partial charge in [0.15, 0.2) is 0 Å². The van der Waals surface area contributed by atoms with Crippen LogP contribution in [0.3, 0.4) is 0 Å². The molecule has 0 atom stereocenters. The first-order chi connectivity index (χ1) is 9.80. The molecule has 0 radical (unpaired) electrons. The van der Waals surface area contributed by atoms with Crippen molar-refractivity contribution in [3.05, 3.63) is 40.1 Å². The Morgan fingerprint density at radius 1 is 1.19 bits per heavy atom. The summed E-state index contributed by atoms with van der Waals surface area (Å²) in [5, 5.41) is 0. The average Bonchev–Trinajstić information content (AvgIpc) is 2.79. The van der Waals surface area contributed by atoms with E-state index in [4.69, 9.17) is 9.47 Å². The molecule has 21 heavy (non-hydrogen) atoms. The lowest BCUT2D eigenvalue weighted by atomic mass is 10.1. The van der Waals surface area contributed by atoms with Crippen molar-refractivity contribution in [2.24, 2.45) is 0 Å². The smallest absolute Gasteiger partial charge is 0.419 e. The van der Waals surface area contributed by atoms with Gasteiger partial charge in [-0.2, -0.15) is 0 Å². The maximum absolute atomic E-state index is 12.3. The van der Waals surface area contributed by atoms with Gasteiger partial charge < -0.3 is 9.47 Å². The van der Waals surface area contributed by atoms with E-state index in [1.165, 1.54) is 4.57 Å². The number of methoxy groups -OCH3 is 1. The second-order valence-electron chi connectivity index (χ2n) is 5.62. The summed E-state index contributed by atoms with van der Waals surface area (Å²) in [4.78, 5) is 12.3. The molecular weight excluding hydrogens is 381 g/mol. The number of benzene rings is 1. The molecule has 0 aliphatic heterocycles. The maximum Gasteiger partial charge on any atom is 0.419 e. The minimum atomic E-state index is -0.524. The van der Waals surface area contributed by atoms with Crippen LogP contribution in [0, 0.1) is 3.57 Å². The van der Waals surface area contributed by atoms with Crippen molar-refractivity contribution in [2.45, 2.75) is 26.4 Å². The molecule has 112 valence electrons. The molecular formula is C16H18INO3. The monoisotopic (exact) mass is 399 g/mol. The molecule has 2 rings (SSSR count). The van der Waals surface area contributed by atoms with E-state index >= 15 is 0 Å². The molecule has 5 heteroatoms. The van der Waals surface area contributed by atoms with Gasteiger partial charge in [-0.1, -0.05) is 0 Å². The number of rotatable bonds is 2. The summed E-state index contributed by atoms with van der Waals surface area (Å²) in [6, 6.07) is 9.53. The second-order valence-corrected chi connectivity index (χ2v) is 6.87. The van der Waals surface area contributed by atoms with Crippen LogP contribution in [-0.4, -0.2) is 23.4 Å². The molecule has 2 aromatic rings. The SMILES string of the molecule is COc1ccc(-c2cc(I)cn2C(=O)OC(C)(C)C)cc1. The summed E-state index contributed by atoms with van der Waals surface area (Å²) in [6.07, 6.45) is 1.39. The Morgan fingerprint density at radius 3 is 2.33 bits per heavy atom. The first-order valence-corrected chi connectivity index (χ1v) is 7.64. The lowest BCUT2D eigenvalue weighted by Crippen LogP contribution is -2.27. The molecule has 0 bridgehead atoms. The van der Waals surface area contributed by atoms with Gasteiger partial charge in [0, 0.05) is 9.77 Å². The van der Waals surface area contributed by atoms with Crippen LogP contribution in [0.25, 0.3) is 11.3 Å². The van der Waals surface area contributed by atoms with Crippen molar-refractivity contribution in [1.29, 1.82) is 0 Å². The van der Waals surface area contributed by atoms with Gasteiger partial charge >= 0.3 is 6.09 Å². The Labute approximate surface area is 138 Å². The lowest BCUT2D eigenvalue weighted by molar-refractivity contribution is 0.0540. The molecule has 0 fully saturated rings. The predicted molar refractivity (Wildman–Crippen MR) is 90.8 cm³/mol. The molecule has 0 N–H and O–H groups in total. The van der Waals surface area contributed by atoms with Gasteiger partial charge in [-0.15, -0.1) is 0 Å². The molecule has 0 unspecified atom stereocenters. The molecule has 1 aromatic heterocycles. The van der Waals surface area contributed by atoms with Crippen molar-refractivity contribution < 1.29 is 14.3 Å². The van der Waals surface area contributed by atoms with Crippen molar-refractivity contribution in [1.82, 2.24) is 4.57 Å². The van der Waals surface area contributed by atoms with Crippen molar-refractivity contribution in [3.8, 4) is 17.0 Å². The minimum Gasteiger partial charge on any atom is -0.497 e. The van der Waals surface area contributed by atoms with E-state index in [1.54, 1.807) is 13.3 Å². The number of carbonyl (C=O) groups excluding carboxylic acids is 1. The Hall–Kier alpha value is -1.50. The third-order valence-corrected chi connectivity index (χ3v) is 3.35. The molecule has 0 aliphatic rings. The van der Waals surface area contributed by atoms with Crippen LogP contribution in [0.15, 0.2) is 36.5 Å². The quantitative estimate of drug-likeness (QED) is 0.696. The highest BCUT2D eigenvalue weighted by Crippen LogP contribution is 2.26. The Kier molecular flexibility index (Phi) is 4.61. The highest BCUT2D eigenvalue weighted by molar-refractivity contribution is 14.1. The molecule has 0 spiro atoms. The zero-order valence-electron chi connectivity index (χ0n) is 12.5. The highest BCUT2D eigenvalue weighted by Gasteiger charge is 2.20. The van der Waals surface area contributed by atoms with E-state index in [9.17, 15) is 4.79 Å². The van der Waals surface area contributed by atoms with E-state index in [0.717, 1.165) is 20.6 Å². The van der Waals surface area contributed by atoms with Crippen molar-refractivity contribution in [3.63, 3.8) is 0 Å². The molecule has 0 saturated heterocycles. The number of carbonyl (C=O) groups is 1. The van der Waals surface area contributed by atoms with Gasteiger partial charge in [-0.3, -0.25) is 4.57 Å². The number of hydrogen-bond acceptors (Lipinski definition) is 3. The number of aromatic nitrogens is 1. The van der Waals surface area contributed by atoms with Gasteiger partial charge in [0.05, 0.1) is 12.8 Å². The number of halogens is 1. The summed E-state index contributed by atoms with van der Waals surface area (Å²) < 4.78 is 13.1. The van der Waals surface area contributed by atoms with Crippen LogP contribution in [0.2, 0.25) is 0 Å². The first-order valence-electron chi connectivity index (χ1n) is 6.56. The fraction of sp³-hybridized carbons (Fsp3) is 0.312. The molecule has 0 amide bonds.